The molecule has 1 aliphatic rings. The second kappa shape index (κ2) is 5.97. The van der Waals surface area contributed by atoms with Crippen LogP contribution in [-0.4, -0.2) is 32.2 Å². The average Bonchev–Trinajstić information content (AvgIpc) is 2.54. The van der Waals surface area contributed by atoms with Gasteiger partial charge < -0.3 is 14.2 Å². The van der Waals surface area contributed by atoms with Crippen molar-refractivity contribution in [1.82, 2.24) is 0 Å². The fraction of sp³-hybridized carbons (Fsp3) is 0.235. The number of ether oxygens (including phenoxy) is 3. The molecule has 0 radical (unpaired) electrons. The Morgan fingerprint density at radius 2 is 1.95 bits per heavy atom. The maximum atomic E-state index is 12.4. The minimum absolute atomic E-state index is 0.0316. The van der Waals surface area contributed by atoms with Crippen molar-refractivity contribution < 1.29 is 19.0 Å². The van der Waals surface area contributed by atoms with E-state index in [1.54, 1.807) is 37.4 Å². The van der Waals surface area contributed by atoms with Crippen molar-refractivity contribution in [3.8, 4) is 11.5 Å². The molecular formula is C17H16O4. The van der Waals surface area contributed by atoms with Gasteiger partial charge in [0.25, 0.3) is 0 Å². The third kappa shape index (κ3) is 2.90. The first-order valence-electron chi connectivity index (χ1n) is 6.80. The van der Waals surface area contributed by atoms with Gasteiger partial charge in [-0.2, -0.15) is 0 Å². The first kappa shape index (κ1) is 13.6. The molecule has 1 atom stereocenters. The number of methoxy groups -OCH3 is 1. The molecule has 2 aromatic carbocycles. The molecule has 2 aromatic rings. The van der Waals surface area contributed by atoms with Crippen molar-refractivity contribution in [2.75, 3.05) is 20.3 Å². The van der Waals surface area contributed by atoms with Gasteiger partial charge in [0.1, 0.15) is 6.61 Å². The molecule has 4 nitrogen and oxygen atoms in total. The highest BCUT2D eigenvalue weighted by molar-refractivity contribution is 6.09. The Hall–Kier alpha value is -2.33. The van der Waals surface area contributed by atoms with Gasteiger partial charge in [0.05, 0.1) is 6.61 Å². The Bertz CT molecular complexity index is 636. The molecule has 0 spiro atoms. The van der Waals surface area contributed by atoms with E-state index in [0.717, 1.165) is 0 Å². The second-order valence-electron chi connectivity index (χ2n) is 4.86. The summed E-state index contributed by atoms with van der Waals surface area (Å²) in [6.07, 6.45) is -0.149. The highest BCUT2D eigenvalue weighted by atomic mass is 16.6. The Balaban J connectivity index is 1.86. The van der Waals surface area contributed by atoms with E-state index in [-0.39, 0.29) is 11.9 Å². The Morgan fingerprint density at radius 1 is 1.14 bits per heavy atom. The third-order valence-electron chi connectivity index (χ3n) is 3.31. The second-order valence-corrected chi connectivity index (χ2v) is 4.86. The minimum Gasteiger partial charge on any atom is -0.486 e. The van der Waals surface area contributed by atoms with E-state index in [1.807, 2.05) is 18.2 Å². The highest BCUT2D eigenvalue weighted by Gasteiger charge is 2.22. The summed E-state index contributed by atoms with van der Waals surface area (Å²) in [5.74, 6) is 1.22. The smallest absolute Gasteiger partial charge is 0.193 e. The van der Waals surface area contributed by atoms with Crippen LogP contribution in [0.2, 0.25) is 0 Å². The Morgan fingerprint density at radius 3 is 2.71 bits per heavy atom. The maximum absolute atomic E-state index is 12.4. The normalized spacial score (nSPS) is 16.5. The van der Waals surface area contributed by atoms with Gasteiger partial charge in [-0.3, -0.25) is 4.79 Å². The number of carbonyl (C=O) groups excluding carboxylic acids is 1. The Kier molecular flexibility index (Phi) is 3.88. The molecule has 0 aliphatic carbocycles. The molecule has 108 valence electrons. The number of hydrogen-bond donors (Lipinski definition) is 0. The highest BCUT2D eigenvalue weighted by Crippen LogP contribution is 2.33. The van der Waals surface area contributed by atoms with Crippen LogP contribution in [0, 0.1) is 0 Å². The van der Waals surface area contributed by atoms with Crippen molar-refractivity contribution in [3.05, 3.63) is 59.7 Å². The van der Waals surface area contributed by atoms with Gasteiger partial charge in [0.15, 0.2) is 23.4 Å². The molecule has 4 heteroatoms. The lowest BCUT2D eigenvalue weighted by molar-refractivity contribution is 0.0271. The topological polar surface area (TPSA) is 44.8 Å². The number of carbonyl (C=O) groups is 1. The summed E-state index contributed by atoms with van der Waals surface area (Å²) in [5.41, 5.74) is 1.24. The van der Waals surface area contributed by atoms with Crippen molar-refractivity contribution in [2.24, 2.45) is 0 Å². The van der Waals surface area contributed by atoms with E-state index in [4.69, 9.17) is 14.2 Å². The summed E-state index contributed by atoms with van der Waals surface area (Å²) in [7, 11) is 1.62. The molecule has 0 bridgehead atoms. The number of rotatable bonds is 4. The molecule has 0 fully saturated rings. The SMILES string of the molecule is COCC1COc2ccc(C(=O)c3ccccc3)cc2O1. The summed E-state index contributed by atoms with van der Waals surface area (Å²) < 4.78 is 16.5. The molecule has 21 heavy (non-hydrogen) atoms. The molecule has 0 saturated heterocycles. The fourth-order valence-corrected chi connectivity index (χ4v) is 2.28. The van der Waals surface area contributed by atoms with Crippen LogP contribution in [0.5, 0.6) is 11.5 Å². The van der Waals surface area contributed by atoms with E-state index in [9.17, 15) is 4.79 Å². The summed E-state index contributed by atoms with van der Waals surface area (Å²) >= 11 is 0. The van der Waals surface area contributed by atoms with Crippen LogP contribution in [-0.2, 0) is 4.74 Å². The van der Waals surface area contributed by atoms with Gasteiger partial charge in [-0.1, -0.05) is 30.3 Å². The van der Waals surface area contributed by atoms with Crippen LogP contribution in [0.4, 0.5) is 0 Å². The molecule has 0 saturated carbocycles. The van der Waals surface area contributed by atoms with Crippen LogP contribution in [0.3, 0.4) is 0 Å². The molecule has 1 heterocycles. The van der Waals surface area contributed by atoms with Gasteiger partial charge in [0, 0.05) is 18.2 Å². The summed E-state index contributed by atoms with van der Waals surface area (Å²) in [5, 5.41) is 0. The third-order valence-corrected chi connectivity index (χ3v) is 3.31. The Labute approximate surface area is 123 Å². The van der Waals surface area contributed by atoms with E-state index in [1.165, 1.54) is 0 Å². The van der Waals surface area contributed by atoms with Crippen LogP contribution >= 0.6 is 0 Å². The largest absolute Gasteiger partial charge is 0.486 e. The van der Waals surface area contributed by atoms with E-state index >= 15 is 0 Å². The van der Waals surface area contributed by atoms with E-state index in [2.05, 4.69) is 0 Å². The minimum atomic E-state index is -0.149. The maximum Gasteiger partial charge on any atom is 0.193 e. The first-order chi connectivity index (χ1) is 10.3. The van der Waals surface area contributed by atoms with E-state index < -0.39 is 0 Å². The monoisotopic (exact) mass is 284 g/mol. The van der Waals surface area contributed by atoms with Gasteiger partial charge >= 0.3 is 0 Å². The van der Waals surface area contributed by atoms with Gasteiger partial charge in [0.2, 0.25) is 0 Å². The fourth-order valence-electron chi connectivity index (χ4n) is 2.28. The van der Waals surface area contributed by atoms with Crippen LogP contribution in [0.1, 0.15) is 15.9 Å². The average molecular weight is 284 g/mol. The number of hydrogen-bond acceptors (Lipinski definition) is 4. The van der Waals surface area contributed by atoms with Crippen LogP contribution < -0.4 is 9.47 Å². The molecule has 1 unspecified atom stereocenters. The lowest BCUT2D eigenvalue weighted by Gasteiger charge is -2.26. The molecule has 0 aromatic heterocycles. The molecule has 1 aliphatic heterocycles. The first-order valence-corrected chi connectivity index (χ1v) is 6.80. The van der Waals surface area contributed by atoms with Crippen molar-refractivity contribution >= 4 is 5.78 Å². The zero-order valence-corrected chi connectivity index (χ0v) is 11.7. The molecule has 0 amide bonds. The van der Waals surface area contributed by atoms with Gasteiger partial charge in [-0.25, -0.2) is 0 Å². The summed E-state index contributed by atoms with van der Waals surface area (Å²) in [6.45, 7) is 0.906. The number of fused-ring (bicyclic) bond motifs is 1. The van der Waals surface area contributed by atoms with Crippen LogP contribution in [0.15, 0.2) is 48.5 Å². The quantitative estimate of drug-likeness (QED) is 0.810. The molecule has 0 N–H and O–H groups in total. The van der Waals surface area contributed by atoms with Gasteiger partial charge in [-0.05, 0) is 18.2 Å². The van der Waals surface area contributed by atoms with Gasteiger partial charge in [-0.15, -0.1) is 0 Å². The summed E-state index contributed by atoms with van der Waals surface area (Å²) in [4.78, 5) is 12.4. The van der Waals surface area contributed by atoms with E-state index in [0.29, 0.717) is 35.8 Å². The number of ketones is 1. The zero-order chi connectivity index (χ0) is 14.7. The zero-order valence-electron chi connectivity index (χ0n) is 11.7. The van der Waals surface area contributed by atoms with Crippen molar-refractivity contribution in [1.29, 1.82) is 0 Å². The van der Waals surface area contributed by atoms with Crippen LogP contribution in [0.25, 0.3) is 0 Å². The summed E-state index contributed by atoms with van der Waals surface area (Å²) in [6, 6.07) is 14.4. The molecular weight excluding hydrogens is 268 g/mol. The van der Waals surface area contributed by atoms with Crippen molar-refractivity contribution in [3.63, 3.8) is 0 Å². The lowest BCUT2D eigenvalue weighted by Crippen LogP contribution is -2.33. The number of benzene rings is 2. The predicted octanol–water partition coefficient (Wildman–Crippen LogP) is 2.70. The standard InChI is InChI=1S/C17H16O4/c1-19-10-14-11-20-15-8-7-13(9-16(15)21-14)17(18)12-5-3-2-4-6-12/h2-9,14H,10-11H2,1H3. The molecule has 3 rings (SSSR count). The van der Waals surface area contributed by atoms with Crippen molar-refractivity contribution in [2.45, 2.75) is 6.10 Å². The predicted molar refractivity (Wildman–Crippen MR) is 78.1 cm³/mol. The lowest BCUT2D eigenvalue weighted by atomic mass is 10.0.